The van der Waals surface area contributed by atoms with Crippen LogP contribution < -0.4 is 5.73 Å². The molecule has 3 rings (SSSR count). The summed E-state index contributed by atoms with van der Waals surface area (Å²) in [5, 5.41) is 9.90. The molecule has 3 N–H and O–H groups in total. The van der Waals surface area contributed by atoms with Gasteiger partial charge in [0.15, 0.2) is 0 Å². The minimum atomic E-state index is 0.376. The van der Waals surface area contributed by atoms with Crippen LogP contribution >= 0.6 is 0 Å². The smallest absolute Gasteiger partial charge is 0.120 e. The van der Waals surface area contributed by atoms with Gasteiger partial charge in [0, 0.05) is 30.9 Å². The molecule has 1 aromatic rings. The Kier molecular flexibility index (Phi) is 3.16. The Balaban J connectivity index is 1.66. The number of nitrogens with two attached hydrogens (primary N) is 1. The van der Waals surface area contributed by atoms with Crippen LogP contribution in [0.25, 0.3) is 0 Å². The Morgan fingerprint density at radius 3 is 2.28 bits per heavy atom. The summed E-state index contributed by atoms with van der Waals surface area (Å²) in [7, 11) is 0. The Morgan fingerprint density at radius 2 is 1.72 bits per heavy atom. The lowest BCUT2D eigenvalue weighted by Crippen LogP contribution is -2.27. The summed E-state index contributed by atoms with van der Waals surface area (Å²) in [6, 6.07) is 5.37. The molecule has 0 saturated heterocycles. The molecule has 1 aromatic carbocycles. The van der Waals surface area contributed by atoms with Crippen molar-refractivity contribution < 1.29 is 5.11 Å². The Hall–Kier alpha value is -1.22. The van der Waals surface area contributed by atoms with E-state index in [0.717, 1.165) is 29.6 Å². The first-order valence-corrected chi connectivity index (χ1v) is 7.00. The van der Waals surface area contributed by atoms with Crippen molar-refractivity contribution in [1.29, 1.82) is 0 Å². The third-order valence-corrected chi connectivity index (χ3v) is 3.92. The number of hydrogen-bond donors (Lipinski definition) is 2. The summed E-state index contributed by atoms with van der Waals surface area (Å²) in [5.74, 6) is 2.17. The van der Waals surface area contributed by atoms with Gasteiger partial charge in [-0.2, -0.15) is 0 Å². The highest BCUT2D eigenvalue weighted by Crippen LogP contribution is 2.35. The number of hydrogen-bond acceptors (Lipinski definition) is 3. The van der Waals surface area contributed by atoms with Crippen molar-refractivity contribution in [3.05, 3.63) is 23.8 Å². The van der Waals surface area contributed by atoms with Crippen LogP contribution in [0.5, 0.6) is 5.75 Å². The second kappa shape index (κ2) is 4.81. The molecule has 0 heterocycles. The lowest BCUT2D eigenvalue weighted by Gasteiger charge is -2.22. The zero-order valence-corrected chi connectivity index (χ0v) is 10.8. The first kappa shape index (κ1) is 11.8. The molecule has 0 bridgehead atoms. The fourth-order valence-electron chi connectivity index (χ4n) is 2.51. The summed E-state index contributed by atoms with van der Waals surface area (Å²) < 4.78 is 0. The van der Waals surface area contributed by atoms with Gasteiger partial charge in [0.25, 0.3) is 0 Å². The number of aromatic hydroxyl groups is 1. The predicted molar refractivity (Wildman–Crippen MR) is 73.2 cm³/mol. The second-order valence-electron chi connectivity index (χ2n) is 5.97. The highest BCUT2D eigenvalue weighted by atomic mass is 16.3. The zero-order valence-electron chi connectivity index (χ0n) is 10.8. The van der Waals surface area contributed by atoms with E-state index < -0.39 is 0 Å². The summed E-state index contributed by atoms with van der Waals surface area (Å²) in [6.45, 7) is 3.21. The molecular formula is C15H22N2O. The number of benzene rings is 1. The van der Waals surface area contributed by atoms with Crippen molar-refractivity contribution in [1.82, 2.24) is 4.90 Å². The maximum atomic E-state index is 9.90. The molecule has 0 aromatic heterocycles. The van der Waals surface area contributed by atoms with Gasteiger partial charge in [-0.1, -0.05) is 0 Å². The van der Waals surface area contributed by atoms with Crippen molar-refractivity contribution in [2.75, 3.05) is 18.8 Å². The lowest BCUT2D eigenvalue weighted by molar-refractivity contribution is 0.241. The van der Waals surface area contributed by atoms with Crippen molar-refractivity contribution in [2.45, 2.75) is 32.2 Å². The number of phenols is 1. The van der Waals surface area contributed by atoms with Crippen LogP contribution in [-0.4, -0.2) is 23.1 Å². The average molecular weight is 246 g/mol. The van der Waals surface area contributed by atoms with Crippen LogP contribution in [0.2, 0.25) is 0 Å². The van der Waals surface area contributed by atoms with Gasteiger partial charge in [-0.15, -0.1) is 0 Å². The number of anilines is 1. The summed E-state index contributed by atoms with van der Waals surface area (Å²) in [6.07, 6.45) is 5.52. The molecule has 2 saturated carbocycles. The Labute approximate surface area is 109 Å². The van der Waals surface area contributed by atoms with E-state index in [0.29, 0.717) is 5.75 Å². The topological polar surface area (TPSA) is 49.5 Å². The molecule has 18 heavy (non-hydrogen) atoms. The van der Waals surface area contributed by atoms with Crippen molar-refractivity contribution in [2.24, 2.45) is 11.8 Å². The van der Waals surface area contributed by atoms with Gasteiger partial charge in [0.05, 0.1) is 0 Å². The summed E-state index contributed by atoms with van der Waals surface area (Å²) in [4.78, 5) is 2.50. The van der Waals surface area contributed by atoms with Crippen LogP contribution in [0.4, 0.5) is 5.69 Å². The highest BCUT2D eigenvalue weighted by molar-refractivity contribution is 5.47. The molecule has 2 aliphatic carbocycles. The Morgan fingerprint density at radius 1 is 1.11 bits per heavy atom. The molecule has 3 nitrogen and oxygen atoms in total. The van der Waals surface area contributed by atoms with E-state index >= 15 is 0 Å². The number of nitrogen functional groups attached to an aromatic ring is 1. The maximum Gasteiger partial charge on any atom is 0.120 e. The SMILES string of the molecule is Nc1ccc(O)c(CN(CC2CC2)CC2CC2)c1. The summed E-state index contributed by atoms with van der Waals surface area (Å²) in [5.41, 5.74) is 7.51. The van der Waals surface area contributed by atoms with Gasteiger partial charge in [-0.05, 0) is 55.7 Å². The van der Waals surface area contributed by atoms with Gasteiger partial charge in [-0.3, -0.25) is 4.90 Å². The van der Waals surface area contributed by atoms with E-state index in [-0.39, 0.29) is 0 Å². The molecule has 98 valence electrons. The summed E-state index contributed by atoms with van der Waals surface area (Å²) >= 11 is 0. The molecule has 0 radical (unpaired) electrons. The first-order chi connectivity index (χ1) is 8.70. The van der Waals surface area contributed by atoms with E-state index in [1.165, 1.54) is 38.8 Å². The fourth-order valence-corrected chi connectivity index (χ4v) is 2.51. The molecule has 0 atom stereocenters. The van der Waals surface area contributed by atoms with E-state index in [4.69, 9.17) is 5.73 Å². The number of nitrogens with zero attached hydrogens (tertiary/aromatic N) is 1. The van der Waals surface area contributed by atoms with Crippen molar-refractivity contribution in [3.8, 4) is 5.75 Å². The van der Waals surface area contributed by atoms with Gasteiger partial charge in [-0.25, -0.2) is 0 Å². The van der Waals surface area contributed by atoms with Gasteiger partial charge in [0.1, 0.15) is 5.75 Å². The minimum absolute atomic E-state index is 0.376. The molecule has 0 amide bonds. The third kappa shape index (κ3) is 3.16. The molecule has 2 aliphatic rings. The largest absolute Gasteiger partial charge is 0.508 e. The maximum absolute atomic E-state index is 9.90. The average Bonchev–Trinajstić information content (AvgIpc) is 3.19. The van der Waals surface area contributed by atoms with E-state index in [2.05, 4.69) is 4.90 Å². The van der Waals surface area contributed by atoms with Gasteiger partial charge < -0.3 is 10.8 Å². The zero-order chi connectivity index (χ0) is 12.5. The van der Waals surface area contributed by atoms with Crippen molar-refractivity contribution >= 4 is 5.69 Å². The highest BCUT2D eigenvalue weighted by Gasteiger charge is 2.29. The fraction of sp³-hybridized carbons (Fsp3) is 0.600. The van der Waals surface area contributed by atoms with Gasteiger partial charge >= 0.3 is 0 Å². The monoisotopic (exact) mass is 246 g/mol. The van der Waals surface area contributed by atoms with Crippen LogP contribution in [0.1, 0.15) is 31.2 Å². The van der Waals surface area contributed by atoms with Crippen LogP contribution in [0, 0.1) is 11.8 Å². The second-order valence-corrected chi connectivity index (χ2v) is 5.97. The number of rotatable bonds is 6. The molecule has 3 heteroatoms. The quantitative estimate of drug-likeness (QED) is 0.599. The standard InChI is InChI=1S/C15H22N2O/c16-14-5-6-15(18)13(7-14)10-17(8-11-1-2-11)9-12-3-4-12/h5-7,11-12,18H,1-4,8-10,16H2. The molecular weight excluding hydrogens is 224 g/mol. The minimum Gasteiger partial charge on any atom is -0.508 e. The third-order valence-electron chi connectivity index (χ3n) is 3.92. The van der Waals surface area contributed by atoms with Crippen molar-refractivity contribution in [3.63, 3.8) is 0 Å². The predicted octanol–water partition coefficient (Wildman–Crippen LogP) is 2.60. The molecule has 0 spiro atoms. The molecule has 2 fully saturated rings. The number of phenolic OH excluding ortho intramolecular Hbond substituents is 1. The molecule has 0 aliphatic heterocycles. The van der Waals surface area contributed by atoms with Gasteiger partial charge in [0.2, 0.25) is 0 Å². The van der Waals surface area contributed by atoms with Crippen LogP contribution in [-0.2, 0) is 6.54 Å². The first-order valence-electron chi connectivity index (χ1n) is 7.00. The molecule has 0 unspecified atom stereocenters. The lowest BCUT2D eigenvalue weighted by atomic mass is 10.1. The van der Waals surface area contributed by atoms with E-state index in [1.54, 1.807) is 12.1 Å². The van der Waals surface area contributed by atoms with Crippen LogP contribution in [0.15, 0.2) is 18.2 Å². The normalized spacial score (nSPS) is 19.4. The van der Waals surface area contributed by atoms with E-state index in [1.807, 2.05) is 6.07 Å². The Bertz CT molecular complexity index is 411. The van der Waals surface area contributed by atoms with Crippen LogP contribution in [0.3, 0.4) is 0 Å². The van der Waals surface area contributed by atoms with E-state index in [9.17, 15) is 5.11 Å².